The van der Waals surface area contributed by atoms with Gasteiger partial charge in [0, 0.05) is 23.6 Å². The van der Waals surface area contributed by atoms with E-state index >= 15 is 0 Å². The summed E-state index contributed by atoms with van der Waals surface area (Å²) in [6.45, 7) is 2.51. The molecular formula is C14H19ClF3NO2. The minimum atomic E-state index is -4.28. The first-order valence-corrected chi connectivity index (χ1v) is 7.06. The number of benzene rings is 1. The predicted molar refractivity (Wildman–Crippen MR) is 75.8 cm³/mol. The van der Waals surface area contributed by atoms with Crippen molar-refractivity contribution in [1.29, 1.82) is 0 Å². The van der Waals surface area contributed by atoms with E-state index in [0.29, 0.717) is 30.3 Å². The Labute approximate surface area is 127 Å². The molecule has 0 heterocycles. The Morgan fingerprint density at radius 2 is 2.00 bits per heavy atom. The number of rotatable bonds is 9. The Kier molecular flexibility index (Phi) is 7.85. The number of nitrogens with one attached hydrogen (secondary N) is 1. The highest BCUT2D eigenvalue weighted by atomic mass is 35.5. The van der Waals surface area contributed by atoms with Crippen molar-refractivity contribution in [2.24, 2.45) is 0 Å². The third-order valence-corrected chi connectivity index (χ3v) is 2.78. The normalized spacial score (nSPS) is 11.7. The van der Waals surface area contributed by atoms with Crippen LogP contribution in [0.1, 0.15) is 18.9 Å². The first-order valence-electron chi connectivity index (χ1n) is 6.69. The third-order valence-electron chi connectivity index (χ3n) is 2.54. The van der Waals surface area contributed by atoms with Crippen LogP contribution in [-0.2, 0) is 11.3 Å². The molecule has 7 heteroatoms. The summed E-state index contributed by atoms with van der Waals surface area (Å²) >= 11 is 5.93. The van der Waals surface area contributed by atoms with Gasteiger partial charge < -0.3 is 14.8 Å². The van der Waals surface area contributed by atoms with Gasteiger partial charge in [0.1, 0.15) is 12.4 Å². The number of ether oxygens (including phenoxy) is 2. The Balaban J connectivity index is 2.34. The van der Waals surface area contributed by atoms with Gasteiger partial charge in [-0.15, -0.1) is 0 Å². The summed E-state index contributed by atoms with van der Waals surface area (Å²) < 4.78 is 45.7. The van der Waals surface area contributed by atoms with Crippen LogP contribution in [0, 0.1) is 0 Å². The molecule has 1 aromatic carbocycles. The van der Waals surface area contributed by atoms with Crippen molar-refractivity contribution < 1.29 is 22.6 Å². The SMILES string of the molecule is CCNCc1cc(Cl)ccc1OCCCOCC(F)(F)F. The predicted octanol–water partition coefficient (Wildman–Crippen LogP) is 3.80. The van der Waals surface area contributed by atoms with Crippen LogP contribution in [0.5, 0.6) is 5.75 Å². The van der Waals surface area contributed by atoms with E-state index in [1.165, 1.54) is 0 Å². The molecule has 0 unspecified atom stereocenters. The van der Waals surface area contributed by atoms with Gasteiger partial charge in [0.15, 0.2) is 0 Å². The van der Waals surface area contributed by atoms with E-state index < -0.39 is 12.8 Å². The molecule has 0 bridgehead atoms. The van der Waals surface area contributed by atoms with Gasteiger partial charge in [-0.05, 0) is 24.7 Å². The monoisotopic (exact) mass is 325 g/mol. The van der Waals surface area contributed by atoms with Gasteiger partial charge in [-0.25, -0.2) is 0 Å². The minimum Gasteiger partial charge on any atom is -0.493 e. The molecule has 0 saturated carbocycles. The highest BCUT2D eigenvalue weighted by Crippen LogP contribution is 2.23. The van der Waals surface area contributed by atoms with Crippen molar-refractivity contribution in [2.45, 2.75) is 26.1 Å². The van der Waals surface area contributed by atoms with Crippen molar-refractivity contribution in [1.82, 2.24) is 5.32 Å². The standard InChI is InChI=1S/C14H19ClF3NO2/c1-2-19-9-11-8-12(15)4-5-13(11)21-7-3-6-20-10-14(16,17)18/h4-5,8,19H,2-3,6-7,9-10H2,1H3. The van der Waals surface area contributed by atoms with Crippen LogP contribution in [0.4, 0.5) is 13.2 Å². The van der Waals surface area contributed by atoms with Crippen LogP contribution in [-0.4, -0.2) is 32.5 Å². The van der Waals surface area contributed by atoms with Crippen LogP contribution < -0.4 is 10.1 Å². The summed E-state index contributed by atoms with van der Waals surface area (Å²) in [5.41, 5.74) is 0.917. The fourth-order valence-corrected chi connectivity index (χ4v) is 1.81. The molecule has 3 nitrogen and oxygen atoms in total. The molecule has 0 aliphatic rings. The second-order valence-corrected chi connectivity index (χ2v) is 4.84. The van der Waals surface area contributed by atoms with Crippen molar-refractivity contribution in [2.75, 3.05) is 26.4 Å². The molecule has 0 amide bonds. The Morgan fingerprint density at radius 1 is 1.24 bits per heavy atom. The maximum atomic E-state index is 11.9. The molecule has 0 radical (unpaired) electrons. The van der Waals surface area contributed by atoms with E-state index in [1.807, 2.05) is 6.92 Å². The number of hydrogen-bond acceptors (Lipinski definition) is 3. The summed E-state index contributed by atoms with van der Waals surface area (Å²) in [6, 6.07) is 5.28. The largest absolute Gasteiger partial charge is 0.493 e. The van der Waals surface area contributed by atoms with E-state index in [4.69, 9.17) is 16.3 Å². The van der Waals surface area contributed by atoms with Crippen LogP contribution >= 0.6 is 11.6 Å². The average Bonchev–Trinajstić information content (AvgIpc) is 2.40. The van der Waals surface area contributed by atoms with Gasteiger partial charge in [-0.1, -0.05) is 18.5 Å². The van der Waals surface area contributed by atoms with Crippen LogP contribution in [0.15, 0.2) is 18.2 Å². The number of hydrogen-bond donors (Lipinski definition) is 1. The van der Waals surface area contributed by atoms with Gasteiger partial charge >= 0.3 is 6.18 Å². The lowest BCUT2D eigenvalue weighted by molar-refractivity contribution is -0.174. The average molecular weight is 326 g/mol. The van der Waals surface area contributed by atoms with Crippen molar-refractivity contribution in [3.8, 4) is 5.75 Å². The summed E-state index contributed by atoms with van der Waals surface area (Å²) in [5, 5.41) is 3.79. The molecule has 0 aliphatic heterocycles. The summed E-state index contributed by atoms with van der Waals surface area (Å²) in [7, 11) is 0. The lowest BCUT2D eigenvalue weighted by Gasteiger charge is -2.13. The zero-order chi connectivity index (χ0) is 15.7. The topological polar surface area (TPSA) is 30.5 Å². The van der Waals surface area contributed by atoms with Crippen molar-refractivity contribution in [3.05, 3.63) is 28.8 Å². The van der Waals surface area contributed by atoms with E-state index in [0.717, 1.165) is 12.1 Å². The van der Waals surface area contributed by atoms with Gasteiger partial charge in [-0.3, -0.25) is 0 Å². The van der Waals surface area contributed by atoms with Gasteiger partial charge in [0.2, 0.25) is 0 Å². The van der Waals surface area contributed by atoms with E-state index in [-0.39, 0.29) is 6.61 Å². The van der Waals surface area contributed by atoms with Crippen LogP contribution in [0.2, 0.25) is 5.02 Å². The first kappa shape index (κ1) is 18.1. The number of halogens is 4. The van der Waals surface area contributed by atoms with Crippen molar-refractivity contribution in [3.63, 3.8) is 0 Å². The smallest absolute Gasteiger partial charge is 0.411 e. The Bertz CT molecular complexity index is 427. The second kappa shape index (κ2) is 9.12. The Hall–Kier alpha value is -0.980. The molecule has 0 saturated heterocycles. The number of alkyl halides is 3. The van der Waals surface area contributed by atoms with E-state index in [2.05, 4.69) is 10.1 Å². The highest BCUT2D eigenvalue weighted by molar-refractivity contribution is 6.30. The molecule has 1 rings (SSSR count). The molecule has 1 N–H and O–H groups in total. The molecule has 120 valence electrons. The molecular weight excluding hydrogens is 307 g/mol. The second-order valence-electron chi connectivity index (χ2n) is 4.40. The summed E-state index contributed by atoms with van der Waals surface area (Å²) in [4.78, 5) is 0. The molecule has 21 heavy (non-hydrogen) atoms. The molecule has 1 aromatic rings. The zero-order valence-electron chi connectivity index (χ0n) is 11.8. The fraction of sp³-hybridized carbons (Fsp3) is 0.571. The molecule has 0 fully saturated rings. The molecule has 0 atom stereocenters. The maximum absolute atomic E-state index is 11.9. The minimum absolute atomic E-state index is 0.00957. The quantitative estimate of drug-likeness (QED) is 0.701. The van der Waals surface area contributed by atoms with Gasteiger partial charge in [-0.2, -0.15) is 13.2 Å². The lowest BCUT2D eigenvalue weighted by Crippen LogP contribution is -2.18. The first-order chi connectivity index (χ1) is 9.92. The van der Waals surface area contributed by atoms with Crippen LogP contribution in [0.3, 0.4) is 0 Å². The van der Waals surface area contributed by atoms with E-state index in [9.17, 15) is 13.2 Å². The maximum Gasteiger partial charge on any atom is 0.411 e. The van der Waals surface area contributed by atoms with Crippen LogP contribution in [0.25, 0.3) is 0 Å². The fourth-order valence-electron chi connectivity index (χ4n) is 1.62. The summed E-state index contributed by atoms with van der Waals surface area (Å²) in [6.07, 6.45) is -3.89. The Morgan fingerprint density at radius 3 is 2.67 bits per heavy atom. The molecule has 0 spiro atoms. The van der Waals surface area contributed by atoms with E-state index in [1.54, 1.807) is 18.2 Å². The molecule has 0 aromatic heterocycles. The van der Waals surface area contributed by atoms with Gasteiger partial charge in [0.05, 0.1) is 13.2 Å². The van der Waals surface area contributed by atoms with Gasteiger partial charge in [0.25, 0.3) is 0 Å². The summed E-state index contributed by atoms with van der Waals surface area (Å²) in [5.74, 6) is 0.677. The highest BCUT2D eigenvalue weighted by Gasteiger charge is 2.27. The van der Waals surface area contributed by atoms with Crippen molar-refractivity contribution >= 4 is 11.6 Å². The third kappa shape index (κ3) is 8.14. The molecule has 0 aliphatic carbocycles. The lowest BCUT2D eigenvalue weighted by atomic mass is 10.2. The zero-order valence-corrected chi connectivity index (χ0v) is 12.6.